The lowest BCUT2D eigenvalue weighted by Gasteiger charge is -2.04. The van der Waals surface area contributed by atoms with Gasteiger partial charge in [0.1, 0.15) is 5.75 Å². The molecule has 0 atom stereocenters. The van der Waals surface area contributed by atoms with Crippen molar-refractivity contribution >= 4 is 32.4 Å². The minimum absolute atomic E-state index is 0.696. The molecule has 0 aliphatic heterocycles. The van der Waals surface area contributed by atoms with Gasteiger partial charge in [0, 0.05) is 10.9 Å². The Kier molecular flexibility index (Phi) is 3.42. The van der Waals surface area contributed by atoms with Gasteiger partial charge in [-0.15, -0.1) is 11.3 Å². The van der Waals surface area contributed by atoms with Crippen LogP contribution < -0.4 is 16.0 Å². The van der Waals surface area contributed by atoms with Crippen LogP contribution in [0.15, 0.2) is 28.1 Å². The van der Waals surface area contributed by atoms with Gasteiger partial charge < -0.3 is 4.74 Å². The number of thiazole rings is 1. The van der Waals surface area contributed by atoms with Crippen molar-refractivity contribution in [2.24, 2.45) is 5.84 Å². The number of nitrogen functional groups attached to an aromatic ring is 1. The monoisotopic (exact) mass is 299 g/mol. The van der Waals surface area contributed by atoms with Crippen LogP contribution in [0.5, 0.6) is 5.75 Å². The Morgan fingerprint density at radius 3 is 2.88 bits per heavy atom. The highest BCUT2D eigenvalue weighted by Gasteiger charge is 2.06. The predicted octanol–water partition coefficient (Wildman–Crippen LogP) is 2.87. The molecule has 0 spiro atoms. The van der Waals surface area contributed by atoms with Crippen molar-refractivity contribution in [3.63, 3.8) is 0 Å². The maximum Gasteiger partial charge on any atom is 0.197 e. The second kappa shape index (κ2) is 4.82. The van der Waals surface area contributed by atoms with E-state index >= 15 is 0 Å². The Bertz CT molecular complexity index is 501. The maximum absolute atomic E-state index is 5.29. The fourth-order valence-electron chi connectivity index (χ4n) is 1.30. The third-order valence-electron chi connectivity index (χ3n) is 2.08. The molecular weight excluding hydrogens is 290 g/mol. The van der Waals surface area contributed by atoms with Crippen molar-refractivity contribution in [3.8, 4) is 17.0 Å². The van der Waals surface area contributed by atoms with E-state index in [0.717, 1.165) is 21.5 Å². The highest BCUT2D eigenvalue weighted by atomic mass is 79.9. The number of methoxy groups -OCH3 is 1. The van der Waals surface area contributed by atoms with Gasteiger partial charge in [0.05, 0.1) is 17.3 Å². The summed E-state index contributed by atoms with van der Waals surface area (Å²) in [5.74, 6) is 6.09. The molecule has 4 nitrogen and oxygen atoms in total. The van der Waals surface area contributed by atoms with Gasteiger partial charge in [-0.1, -0.05) is 0 Å². The summed E-state index contributed by atoms with van der Waals surface area (Å²) >= 11 is 4.91. The van der Waals surface area contributed by atoms with E-state index in [-0.39, 0.29) is 0 Å². The molecule has 3 N–H and O–H groups in total. The highest BCUT2D eigenvalue weighted by molar-refractivity contribution is 9.10. The topological polar surface area (TPSA) is 60.2 Å². The Balaban J connectivity index is 2.37. The van der Waals surface area contributed by atoms with Crippen LogP contribution in [-0.2, 0) is 0 Å². The SMILES string of the molecule is COc1ccc(-c2csc(NN)n2)cc1Br. The van der Waals surface area contributed by atoms with Crippen LogP contribution in [0.3, 0.4) is 0 Å². The van der Waals surface area contributed by atoms with Gasteiger partial charge >= 0.3 is 0 Å². The molecule has 0 aliphatic rings. The third-order valence-corrected chi connectivity index (χ3v) is 3.47. The van der Waals surface area contributed by atoms with E-state index in [1.165, 1.54) is 11.3 Å². The molecule has 2 aromatic rings. The van der Waals surface area contributed by atoms with Crippen LogP contribution >= 0.6 is 27.3 Å². The standard InChI is InChI=1S/C10H10BrN3OS/c1-15-9-3-2-6(4-7(9)11)8-5-16-10(13-8)14-12/h2-5H,12H2,1H3,(H,13,14). The zero-order chi connectivity index (χ0) is 11.5. The average Bonchev–Trinajstić information content (AvgIpc) is 2.77. The minimum Gasteiger partial charge on any atom is -0.496 e. The van der Waals surface area contributed by atoms with Crippen LogP contribution in [0, 0.1) is 0 Å². The van der Waals surface area contributed by atoms with Crippen molar-refractivity contribution < 1.29 is 4.74 Å². The number of benzene rings is 1. The number of hydrazine groups is 1. The molecule has 0 bridgehead atoms. The fourth-order valence-corrected chi connectivity index (χ4v) is 2.47. The van der Waals surface area contributed by atoms with Gasteiger partial charge in [-0.2, -0.15) is 0 Å². The first-order chi connectivity index (χ1) is 7.74. The van der Waals surface area contributed by atoms with E-state index in [1.54, 1.807) is 7.11 Å². The van der Waals surface area contributed by atoms with Crippen molar-refractivity contribution in [3.05, 3.63) is 28.1 Å². The number of rotatable bonds is 3. The molecule has 0 unspecified atom stereocenters. The molecule has 1 aromatic carbocycles. The predicted molar refractivity (Wildman–Crippen MR) is 69.6 cm³/mol. The van der Waals surface area contributed by atoms with Gasteiger partial charge in [0.15, 0.2) is 5.13 Å². The second-order valence-corrected chi connectivity index (χ2v) is 4.74. The summed E-state index contributed by atoms with van der Waals surface area (Å²) in [6.45, 7) is 0. The van der Waals surface area contributed by atoms with E-state index in [9.17, 15) is 0 Å². The van der Waals surface area contributed by atoms with Gasteiger partial charge in [-0.3, -0.25) is 5.43 Å². The normalized spacial score (nSPS) is 10.2. The molecule has 0 fully saturated rings. The van der Waals surface area contributed by atoms with Crippen LogP contribution in [0.1, 0.15) is 0 Å². The van der Waals surface area contributed by atoms with Crippen molar-refractivity contribution in [1.29, 1.82) is 0 Å². The fraction of sp³-hybridized carbons (Fsp3) is 0.100. The van der Waals surface area contributed by atoms with E-state index in [4.69, 9.17) is 10.6 Å². The highest BCUT2D eigenvalue weighted by Crippen LogP contribution is 2.31. The average molecular weight is 300 g/mol. The summed E-state index contributed by atoms with van der Waals surface area (Å²) in [5, 5.41) is 2.64. The third kappa shape index (κ3) is 2.18. The van der Waals surface area contributed by atoms with Gasteiger partial charge in [-0.25, -0.2) is 10.8 Å². The van der Waals surface area contributed by atoms with Crippen LogP contribution in [0.25, 0.3) is 11.3 Å². The van der Waals surface area contributed by atoms with Gasteiger partial charge in [0.2, 0.25) is 0 Å². The number of aromatic nitrogens is 1. The zero-order valence-corrected chi connectivity index (χ0v) is 10.9. The van der Waals surface area contributed by atoms with E-state index in [1.807, 2.05) is 23.6 Å². The maximum atomic E-state index is 5.29. The summed E-state index contributed by atoms with van der Waals surface area (Å²) in [6.07, 6.45) is 0. The number of nitrogens with one attached hydrogen (secondary N) is 1. The van der Waals surface area contributed by atoms with Crippen molar-refractivity contribution in [2.75, 3.05) is 12.5 Å². The van der Waals surface area contributed by atoms with Crippen LogP contribution in [0.4, 0.5) is 5.13 Å². The summed E-state index contributed by atoms with van der Waals surface area (Å²) in [4.78, 5) is 4.32. The Hall–Kier alpha value is -1.11. The Morgan fingerprint density at radius 2 is 2.31 bits per heavy atom. The lowest BCUT2D eigenvalue weighted by molar-refractivity contribution is 0.412. The van der Waals surface area contributed by atoms with Crippen molar-refractivity contribution in [2.45, 2.75) is 0 Å². The number of hydrogen-bond donors (Lipinski definition) is 2. The molecule has 1 aromatic heterocycles. The largest absolute Gasteiger partial charge is 0.496 e. The molecule has 1 heterocycles. The first-order valence-corrected chi connectivity index (χ1v) is 6.18. The van der Waals surface area contributed by atoms with E-state index in [0.29, 0.717) is 5.13 Å². The molecule has 0 saturated heterocycles. The molecule has 0 saturated carbocycles. The summed E-state index contributed by atoms with van der Waals surface area (Å²) in [6, 6.07) is 5.82. The van der Waals surface area contributed by atoms with E-state index in [2.05, 4.69) is 26.3 Å². The number of ether oxygens (including phenoxy) is 1. The van der Waals surface area contributed by atoms with E-state index < -0.39 is 0 Å². The number of hydrogen-bond acceptors (Lipinski definition) is 5. The van der Waals surface area contributed by atoms with Crippen molar-refractivity contribution in [1.82, 2.24) is 4.98 Å². The molecule has 0 radical (unpaired) electrons. The first kappa shape index (κ1) is 11.4. The second-order valence-electron chi connectivity index (χ2n) is 3.03. The minimum atomic E-state index is 0.696. The number of nitrogens with zero attached hydrogens (tertiary/aromatic N) is 1. The van der Waals surface area contributed by atoms with Gasteiger partial charge in [0.25, 0.3) is 0 Å². The summed E-state index contributed by atoms with van der Waals surface area (Å²) in [5.41, 5.74) is 4.43. The Morgan fingerprint density at radius 1 is 1.50 bits per heavy atom. The summed E-state index contributed by atoms with van der Waals surface area (Å²) in [7, 11) is 1.64. The zero-order valence-electron chi connectivity index (χ0n) is 8.53. The molecule has 6 heteroatoms. The molecule has 84 valence electrons. The molecule has 16 heavy (non-hydrogen) atoms. The number of anilines is 1. The van der Waals surface area contributed by atoms with Crippen LogP contribution in [0.2, 0.25) is 0 Å². The summed E-state index contributed by atoms with van der Waals surface area (Å²) < 4.78 is 6.07. The van der Waals surface area contributed by atoms with Gasteiger partial charge in [-0.05, 0) is 34.1 Å². The first-order valence-electron chi connectivity index (χ1n) is 4.50. The molecule has 0 aliphatic carbocycles. The molecule has 2 rings (SSSR count). The number of nitrogens with two attached hydrogens (primary N) is 1. The smallest absolute Gasteiger partial charge is 0.197 e. The quantitative estimate of drug-likeness (QED) is 0.676. The Labute approximate surface area is 106 Å². The van der Waals surface area contributed by atoms with Crippen LogP contribution in [-0.4, -0.2) is 12.1 Å². The molecule has 0 amide bonds. The lowest BCUT2D eigenvalue weighted by Crippen LogP contribution is -2.05. The lowest BCUT2D eigenvalue weighted by atomic mass is 10.2. The number of halogens is 1. The molecular formula is C10H10BrN3OS.